The summed E-state index contributed by atoms with van der Waals surface area (Å²) in [6, 6.07) is 1.73. The minimum absolute atomic E-state index is 0.0542. The van der Waals surface area contributed by atoms with Crippen molar-refractivity contribution < 1.29 is 9.53 Å². The van der Waals surface area contributed by atoms with Crippen molar-refractivity contribution >= 4 is 21.8 Å². The van der Waals surface area contributed by atoms with Gasteiger partial charge in [0.2, 0.25) is 0 Å². The maximum atomic E-state index is 12.5. The van der Waals surface area contributed by atoms with Crippen molar-refractivity contribution in [3.63, 3.8) is 0 Å². The summed E-state index contributed by atoms with van der Waals surface area (Å²) in [4.78, 5) is 18.5. The molecule has 0 saturated carbocycles. The fourth-order valence-electron chi connectivity index (χ4n) is 2.53. The Morgan fingerprint density at radius 3 is 3.21 bits per heavy atom. The third kappa shape index (κ3) is 3.47. The summed E-state index contributed by atoms with van der Waals surface area (Å²) in [6.45, 7) is 1.68. The molecule has 0 radical (unpaired) electrons. The monoisotopic (exact) mass is 326 g/mol. The van der Waals surface area contributed by atoms with Gasteiger partial charge < -0.3 is 9.64 Å². The molecule has 4 nitrogen and oxygen atoms in total. The second-order valence-corrected chi connectivity index (χ2v) is 5.61. The molecule has 0 spiro atoms. The molecule has 1 aliphatic heterocycles. The topological polar surface area (TPSA) is 42.4 Å². The Hall–Kier alpha value is -1.10. The lowest BCUT2D eigenvalue weighted by atomic mass is 9.95. The van der Waals surface area contributed by atoms with Gasteiger partial charge in [0.05, 0.1) is 18.9 Å². The number of ether oxygens (including phenoxy) is 1. The molecule has 19 heavy (non-hydrogen) atoms. The first kappa shape index (κ1) is 14.3. The number of pyridine rings is 1. The fraction of sp³-hybridized carbons (Fsp3) is 0.571. The molecular formula is C14H19BrN2O2. The molecule has 1 fully saturated rings. The van der Waals surface area contributed by atoms with Crippen molar-refractivity contribution in [1.82, 2.24) is 9.88 Å². The van der Waals surface area contributed by atoms with Gasteiger partial charge in [-0.3, -0.25) is 9.78 Å². The van der Waals surface area contributed by atoms with Gasteiger partial charge in [0, 0.05) is 24.6 Å². The second-order valence-electron chi connectivity index (χ2n) is 4.81. The number of carbonyl (C=O) groups excluding carboxylic acids is 1. The Kier molecular flexibility index (Phi) is 5.19. The van der Waals surface area contributed by atoms with Crippen LogP contribution in [0.15, 0.2) is 18.5 Å². The molecule has 5 heteroatoms. The van der Waals surface area contributed by atoms with Crippen LogP contribution in [-0.2, 0) is 0 Å². The van der Waals surface area contributed by atoms with Gasteiger partial charge in [-0.25, -0.2) is 0 Å². The fourth-order valence-corrected chi connectivity index (χ4v) is 3.18. The normalized spacial score (nSPS) is 19.3. The molecular weight excluding hydrogens is 308 g/mol. The predicted molar refractivity (Wildman–Crippen MR) is 77.8 cm³/mol. The molecule has 0 N–H and O–H groups in total. The van der Waals surface area contributed by atoms with Crippen LogP contribution in [-0.4, -0.2) is 41.3 Å². The van der Waals surface area contributed by atoms with Crippen molar-refractivity contribution in [3.05, 3.63) is 24.0 Å². The number of amides is 1. The van der Waals surface area contributed by atoms with Gasteiger partial charge in [0.25, 0.3) is 5.91 Å². The summed E-state index contributed by atoms with van der Waals surface area (Å²) in [7, 11) is 1.57. The number of halogens is 1. The van der Waals surface area contributed by atoms with E-state index in [-0.39, 0.29) is 5.91 Å². The second kappa shape index (κ2) is 6.89. The van der Waals surface area contributed by atoms with Crippen LogP contribution in [0.5, 0.6) is 5.75 Å². The van der Waals surface area contributed by atoms with Crippen LogP contribution >= 0.6 is 15.9 Å². The molecule has 2 rings (SSSR count). The highest BCUT2D eigenvalue weighted by atomic mass is 79.9. The van der Waals surface area contributed by atoms with E-state index in [0.717, 1.165) is 31.3 Å². The van der Waals surface area contributed by atoms with Gasteiger partial charge in [-0.05, 0) is 31.2 Å². The largest absolute Gasteiger partial charge is 0.494 e. The highest BCUT2D eigenvalue weighted by molar-refractivity contribution is 9.09. The summed E-state index contributed by atoms with van der Waals surface area (Å²) in [5.74, 6) is 1.21. The van der Waals surface area contributed by atoms with E-state index in [1.54, 1.807) is 25.6 Å². The molecule has 1 amide bonds. The van der Waals surface area contributed by atoms with Crippen LogP contribution in [0.2, 0.25) is 0 Å². The number of nitrogens with zero attached hydrogens (tertiary/aromatic N) is 2. The number of hydrogen-bond donors (Lipinski definition) is 0. The van der Waals surface area contributed by atoms with Gasteiger partial charge in [-0.2, -0.15) is 0 Å². The molecule has 1 atom stereocenters. The van der Waals surface area contributed by atoms with Crippen LogP contribution in [0.1, 0.15) is 29.6 Å². The SMILES string of the molecule is COc1cnccc1C(=O)N1CCCC(CCBr)C1. The number of piperidine rings is 1. The zero-order valence-electron chi connectivity index (χ0n) is 11.1. The number of alkyl halides is 1. The average molecular weight is 327 g/mol. The molecule has 0 aromatic carbocycles. The van der Waals surface area contributed by atoms with Crippen LogP contribution in [0, 0.1) is 5.92 Å². The average Bonchev–Trinajstić information content (AvgIpc) is 2.47. The van der Waals surface area contributed by atoms with E-state index in [1.807, 2.05) is 4.90 Å². The number of hydrogen-bond acceptors (Lipinski definition) is 3. The van der Waals surface area contributed by atoms with Crippen molar-refractivity contribution in [2.45, 2.75) is 19.3 Å². The Bertz CT molecular complexity index is 437. The lowest BCUT2D eigenvalue weighted by molar-refractivity contribution is 0.0668. The van der Waals surface area contributed by atoms with E-state index in [0.29, 0.717) is 17.2 Å². The van der Waals surface area contributed by atoms with E-state index in [2.05, 4.69) is 20.9 Å². The molecule has 104 valence electrons. The van der Waals surface area contributed by atoms with E-state index < -0.39 is 0 Å². The molecule has 0 aliphatic carbocycles. The minimum Gasteiger partial charge on any atom is -0.494 e. The van der Waals surface area contributed by atoms with E-state index in [9.17, 15) is 4.79 Å². The van der Waals surface area contributed by atoms with Crippen LogP contribution < -0.4 is 4.74 Å². The molecule has 1 aliphatic rings. The maximum absolute atomic E-state index is 12.5. The summed E-state index contributed by atoms with van der Waals surface area (Å²) in [5.41, 5.74) is 0.608. The number of carbonyl (C=O) groups is 1. The van der Waals surface area contributed by atoms with Gasteiger partial charge in [0.15, 0.2) is 0 Å². The first-order chi connectivity index (χ1) is 9.26. The quantitative estimate of drug-likeness (QED) is 0.799. The van der Waals surface area contributed by atoms with Crippen LogP contribution in [0.4, 0.5) is 0 Å². The molecule has 1 aromatic rings. The van der Waals surface area contributed by atoms with Crippen LogP contribution in [0.3, 0.4) is 0 Å². The first-order valence-electron chi connectivity index (χ1n) is 6.59. The molecule has 1 aromatic heterocycles. The summed E-state index contributed by atoms with van der Waals surface area (Å²) >= 11 is 3.48. The maximum Gasteiger partial charge on any atom is 0.257 e. The number of likely N-dealkylation sites (tertiary alicyclic amines) is 1. The van der Waals surface area contributed by atoms with E-state index >= 15 is 0 Å². The predicted octanol–water partition coefficient (Wildman–Crippen LogP) is 2.73. The number of rotatable bonds is 4. The third-order valence-electron chi connectivity index (χ3n) is 3.56. The zero-order chi connectivity index (χ0) is 13.7. The third-order valence-corrected chi connectivity index (χ3v) is 4.02. The lowest BCUT2D eigenvalue weighted by Gasteiger charge is -2.32. The highest BCUT2D eigenvalue weighted by Gasteiger charge is 2.25. The van der Waals surface area contributed by atoms with E-state index in [4.69, 9.17) is 4.74 Å². The Morgan fingerprint density at radius 2 is 2.47 bits per heavy atom. The van der Waals surface area contributed by atoms with Gasteiger partial charge >= 0.3 is 0 Å². The molecule has 2 heterocycles. The van der Waals surface area contributed by atoms with Crippen molar-refractivity contribution in [1.29, 1.82) is 0 Å². The van der Waals surface area contributed by atoms with Gasteiger partial charge in [-0.15, -0.1) is 0 Å². The number of methoxy groups -OCH3 is 1. The Labute approximate surface area is 122 Å². The van der Waals surface area contributed by atoms with E-state index in [1.165, 1.54) is 6.42 Å². The minimum atomic E-state index is 0.0542. The number of aromatic nitrogens is 1. The Balaban J connectivity index is 2.10. The van der Waals surface area contributed by atoms with Crippen molar-refractivity contribution in [3.8, 4) is 5.75 Å². The zero-order valence-corrected chi connectivity index (χ0v) is 12.7. The van der Waals surface area contributed by atoms with Crippen molar-refractivity contribution in [2.24, 2.45) is 5.92 Å². The summed E-state index contributed by atoms with van der Waals surface area (Å²) < 4.78 is 5.21. The smallest absolute Gasteiger partial charge is 0.257 e. The summed E-state index contributed by atoms with van der Waals surface area (Å²) in [5, 5.41) is 0.998. The standard InChI is InChI=1S/C14H19BrN2O2/c1-19-13-9-16-7-5-12(13)14(18)17-8-2-3-11(10-17)4-6-15/h5,7,9,11H,2-4,6,8,10H2,1H3. The summed E-state index contributed by atoms with van der Waals surface area (Å²) in [6.07, 6.45) is 6.64. The lowest BCUT2D eigenvalue weighted by Crippen LogP contribution is -2.40. The molecule has 0 bridgehead atoms. The molecule has 1 unspecified atom stereocenters. The molecule has 1 saturated heterocycles. The van der Waals surface area contributed by atoms with Gasteiger partial charge in [-0.1, -0.05) is 15.9 Å². The highest BCUT2D eigenvalue weighted by Crippen LogP contribution is 2.24. The van der Waals surface area contributed by atoms with Crippen molar-refractivity contribution in [2.75, 3.05) is 25.5 Å². The van der Waals surface area contributed by atoms with Gasteiger partial charge in [0.1, 0.15) is 5.75 Å². The first-order valence-corrected chi connectivity index (χ1v) is 7.71. The Morgan fingerprint density at radius 1 is 1.63 bits per heavy atom. The van der Waals surface area contributed by atoms with Crippen LogP contribution in [0.25, 0.3) is 0 Å².